The number of ether oxygens (including phenoxy) is 2. The lowest BCUT2D eigenvalue weighted by molar-refractivity contribution is -0.113. The summed E-state index contributed by atoms with van der Waals surface area (Å²) < 4.78 is 10.4. The third-order valence-corrected chi connectivity index (χ3v) is 4.53. The lowest BCUT2D eigenvalue weighted by Crippen LogP contribution is -2.45. The summed E-state index contributed by atoms with van der Waals surface area (Å²) in [5.74, 6) is 1.27. The first kappa shape index (κ1) is 18.7. The molecule has 0 bridgehead atoms. The predicted octanol–water partition coefficient (Wildman–Crippen LogP) is 3.14. The van der Waals surface area contributed by atoms with Crippen LogP contribution < -0.4 is 25.4 Å². The van der Waals surface area contributed by atoms with E-state index in [-0.39, 0.29) is 11.9 Å². The molecule has 3 rings (SSSR count). The molecule has 0 aromatic heterocycles. The summed E-state index contributed by atoms with van der Waals surface area (Å²) in [4.78, 5) is 13.0. The highest BCUT2D eigenvalue weighted by Gasteiger charge is 2.29. The molecular formula is C20H21N3O3S. The summed E-state index contributed by atoms with van der Waals surface area (Å²) in [5, 5.41) is 9.62. The fraction of sp³-hybridized carbons (Fsp3) is 0.200. The zero-order chi connectivity index (χ0) is 19.4. The van der Waals surface area contributed by atoms with Gasteiger partial charge in [0.1, 0.15) is 11.5 Å². The number of hydrogen-bond acceptors (Lipinski definition) is 4. The lowest BCUT2D eigenvalue weighted by atomic mass is 9.95. The average Bonchev–Trinajstić information content (AvgIpc) is 2.68. The second kappa shape index (κ2) is 8.09. The fourth-order valence-corrected chi connectivity index (χ4v) is 3.18. The van der Waals surface area contributed by atoms with Gasteiger partial charge in [0.2, 0.25) is 0 Å². The van der Waals surface area contributed by atoms with Crippen LogP contribution >= 0.6 is 12.2 Å². The normalized spacial score (nSPS) is 16.3. The van der Waals surface area contributed by atoms with Crippen LogP contribution in [0.1, 0.15) is 18.5 Å². The van der Waals surface area contributed by atoms with Crippen LogP contribution in [0.25, 0.3) is 0 Å². The Morgan fingerprint density at radius 1 is 1.00 bits per heavy atom. The zero-order valence-corrected chi connectivity index (χ0v) is 16.1. The number of thiocarbonyl (C=S) groups is 1. The van der Waals surface area contributed by atoms with Gasteiger partial charge in [-0.3, -0.25) is 4.79 Å². The largest absolute Gasteiger partial charge is 0.497 e. The molecule has 0 saturated carbocycles. The lowest BCUT2D eigenvalue weighted by Gasteiger charge is -2.30. The number of anilines is 1. The van der Waals surface area contributed by atoms with Crippen molar-refractivity contribution in [1.29, 1.82) is 0 Å². The molecule has 2 aromatic rings. The number of amides is 1. The van der Waals surface area contributed by atoms with Crippen LogP contribution in [0.15, 0.2) is 59.8 Å². The Hall–Kier alpha value is -3.06. The van der Waals surface area contributed by atoms with Crippen LogP contribution in [-0.2, 0) is 4.79 Å². The summed E-state index contributed by atoms with van der Waals surface area (Å²) in [6.07, 6.45) is 0. The molecule has 1 aliphatic rings. The molecule has 1 aliphatic heterocycles. The molecule has 140 valence electrons. The molecule has 0 spiro atoms. The van der Waals surface area contributed by atoms with Gasteiger partial charge in [0.25, 0.3) is 5.91 Å². The van der Waals surface area contributed by atoms with Gasteiger partial charge >= 0.3 is 0 Å². The molecule has 0 unspecified atom stereocenters. The number of carbonyl (C=O) groups is 1. The molecule has 1 amide bonds. The molecule has 2 aromatic carbocycles. The van der Waals surface area contributed by atoms with Gasteiger partial charge in [-0.25, -0.2) is 0 Å². The van der Waals surface area contributed by atoms with E-state index < -0.39 is 0 Å². The third kappa shape index (κ3) is 4.20. The smallest absolute Gasteiger partial charge is 0.255 e. The summed E-state index contributed by atoms with van der Waals surface area (Å²) in [7, 11) is 3.22. The number of rotatable bonds is 5. The Kier molecular flexibility index (Phi) is 5.61. The minimum atomic E-state index is -0.358. The van der Waals surface area contributed by atoms with Gasteiger partial charge in [0, 0.05) is 11.4 Å². The molecular weight excluding hydrogens is 362 g/mol. The second-order valence-corrected chi connectivity index (χ2v) is 6.43. The van der Waals surface area contributed by atoms with Crippen LogP contribution in [0.4, 0.5) is 5.69 Å². The van der Waals surface area contributed by atoms with Crippen LogP contribution in [0.3, 0.4) is 0 Å². The Bertz CT molecular complexity index is 876. The van der Waals surface area contributed by atoms with E-state index in [1.165, 1.54) is 0 Å². The van der Waals surface area contributed by atoms with Crippen molar-refractivity contribution in [3.05, 3.63) is 65.4 Å². The number of carbonyl (C=O) groups excluding carboxylic acids is 1. The van der Waals surface area contributed by atoms with Gasteiger partial charge in [-0.2, -0.15) is 0 Å². The number of allylic oxidation sites excluding steroid dienone is 1. The van der Waals surface area contributed by atoms with Crippen molar-refractivity contribution in [2.45, 2.75) is 13.0 Å². The quantitative estimate of drug-likeness (QED) is 0.689. The number of nitrogens with one attached hydrogen (secondary N) is 3. The molecule has 1 atom stereocenters. The number of benzene rings is 2. The van der Waals surface area contributed by atoms with E-state index in [9.17, 15) is 4.79 Å². The maximum Gasteiger partial charge on any atom is 0.255 e. The first-order chi connectivity index (χ1) is 13.0. The summed E-state index contributed by atoms with van der Waals surface area (Å²) in [6, 6.07) is 14.4. The van der Waals surface area contributed by atoms with E-state index in [0.717, 1.165) is 17.1 Å². The molecule has 3 N–H and O–H groups in total. The zero-order valence-electron chi connectivity index (χ0n) is 15.3. The van der Waals surface area contributed by atoms with E-state index in [4.69, 9.17) is 21.7 Å². The number of methoxy groups -OCH3 is 2. The van der Waals surface area contributed by atoms with Crippen molar-refractivity contribution in [2.75, 3.05) is 19.5 Å². The molecule has 0 saturated heterocycles. The van der Waals surface area contributed by atoms with Crippen molar-refractivity contribution in [3.63, 3.8) is 0 Å². The van der Waals surface area contributed by atoms with Gasteiger partial charge < -0.3 is 25.4 Å². The molecule has 1 heterocycles. The Morgan fingerprint density at radius 2 is 1.56 bits per heavy atom. The van der Waals surface area contributed by atoms with Gasteiger partial charge in [-0.1, -0.05) is 12.1 Å². The van der Waals surface area contributed by atoms with Crippen molar-refractivity contribution in [3.8, 4) is 11.5 Å². The van der Waals surface area contributed by atoms with Gasteiger partial charge in [0.05, 0.1) is 25.8 Å². The average molecular weight is 383 g/mol. The topological polar surface area (TPSA) is 71.6 Å². The second-order valence-electron chi connectivity index (χ2n) is 6.03. The van der Waals surface area contributed by atoms with Crippen LogP contribution in [0, 0.1) is 0 Å². The number of hydrogen-bond donors (Lipinski definition) is 3. The van der Waals surface area contributed by atoms with Gasteiger partial charge in [-0.05, 0) is 61.1 Å². The highest BCUT2D eigenvalue weighted by atomic mass is 32.1. The molecule has 0 aliphatic carbocycles. The highest BCUT2D eigenvalue weighted by Crippen LogP contribution is 2.29. The predicted molar refractivity (Wildman–Crippen MR) is 109 cm³/mol. The van der Waals surface area contributed by atoms with E-state index in [1.807, 2.05) is 31.2 Å². The van der Waals surface area contributed by atoms with Gasteiger partial charge in [-0.15, -0.1) is 0 Å². The minimum Gasteiger partial charge on any atom is -0.497 e. The van der Waals surface area contributed by atoms with Crippen LogP contribution in [0.2, 0.25) is 0 Å². The molecule has 0 fully saturated rings. The van der Waals surface area contributed by atoms with Crippen molar-refractivity contribution in [1.82, 2.24) is 10.6 Å². The summed E-state index contributed by atoms with van der Waals surface area (Å²) in [6.45, 7) is 1.84. The summed E-state index contributed by atoms with van der Waals surface area (Å²) >= 11 is 5.28. The first-order valence-corrected chi connectivity index (χ1v) is 8.80. The van der Waals surface area contributed by atoms with Gasteiger partial charge in [0.15, 0.2) is 5.11 Å². The highest BCUT2D eigenvalue weighted by molar-refractivity contribution is 7.80. The third-order valence-electron chi connectivity index (χ3n) is 4.31. The maximum absolute atomic E-state index is 13.0. The Balaban J connectivity index is 1.88. The Morgan fingerprint density at radius 3 is 2.11 bits per heavy atom. The van der Waals surface area contributed by atoms with E-state index >= 15 is 0 Å². The van der Waals surface area contributed by atoms with E-state index in [1.54, 1.807) is 38.5 Å². The van der Waals surface area contributed by atoms with Crippen molar-refractivity contribution in [2.24, 2.45) is 0 Å². The summed E-state index contributed by atoms with van der Waals surface area (Å²) in [5.41, 5.74) is 2.89. The maximum atomic E-state index is 13.0. The fourth-order valence-electron chi connectivity index (χ4n) is 2.91. The molecule has 0 radical (unpaired) electrons. The van der Waals surface area contributed by atoms with E-state index in [2.05, 4.69) is 16.0 Å². The molecule has 7 heteroatoms. The van der Waals surface area contributed by atoms with E-state index in [0.29, 0.717) is 22.1 Å². The first-order valence-electron chi connectivity index (χ1n) is 8.39. The van der Waals surface area contributed by atoms with Crippen molar-refractivity contribution >= 4 is 28.9 Å². The minimum absolute atomic E-state index is 0.207. The molecule has 6 nitrogen and oxygen atoms in total. The molecule has 27 heavy (non-hydrogen) atoms. The van der Waals surface area contributed by atoms with Crippen LogP contribution in [-0.4, -0.2) is 25.2 Å². The SMILES string of the molecule is COc1ccc(NC(=O)C2=C(C)NC(=S)N[C@H]2c2ccc(OC)cc2)cc1. The monoisotopic (exact) mass is 383 g/mol. The Labute approximate surface area is 163 Å². The van der Waals surface area contributed by atoms with Crippen molar-refractivity contribution < 1.29 is 14.3 Å². The standard InChI is InChI=1S/C20H21N3O3S/c1-12-17(19(24)22-14-6-10-16(26-3)11-7-14)18(23-20(27)21-12)13-4-8-15(25-2)9-5-13/h4-11,18H,1-3H3,(H,22,24)(H2,21,23,27)/t18-/m0/s1. The van der Waals surface area contributed by atoms with Crippen LogP contribution in [0.5, 0.6) is 11.5 Å².